The summed E-state index contributed by atoms with van der Waals surface area (Å²) in [5, 5.41) is 3.10. The summed E-state index contributed by atoms with van der Waals surface area (Å²) in [7, 11) is 0. The fraction of sp³-hybridized carbons (Fsp3) is 0.667. The zero-order valence-electron chi connectivity index (χ0n) is 13.4. The number of aromatic amines is 1. The minimum atomic E-state index is -0.357. The van der Waals surface area contributed by atoms with Gasteiger partial charge in [-0.25, -0.2) is 4.98 Å². The Morgan fingerprint density at radius 2 is 2.04 bits per heavy atom. The molecule has 0 bridgehead atoms. The van der Waals surface area contributed by atoms with Gasteiger partial charge in [0.25, 0.3) is 5.56 Å². The first-order valence-electron chi connectivity index (χ1n) is 8.44. The molecule has 2 N–H and O–H groups in total. The number of hydrogen-bond acceptors (Lipinski definition) is 7. The normalized spacial score (nSPS) is 24.8. The Kier molecular flexibility index (Phi) is 4.35. The van der Waals surface area contributed by atoms with Crippen LogP contribution in [-0.4, -0.2) is 45.4 Å². The van der Waals surface area contributed by atoms with Crippen LogP contribution in [0.5, 0.6) is 0 Å². The van der Waals surface area contributed by atoms with Gasteiger partial charge in [0.2, 0.25) is 12.2 Å². The zero-order valence-corrected chi connectivity index (χ0v) is 13.4. The number of aromatic nitrogens is 4. The summed E-state index contributed by atoms with van der Waals surface area (Å²) in [6.45, 7) is 1.38. The van der Waals surface area contributed by atoms with E-state index in [1.165, 1.54) is 11.1 Å². The molecule has 0 aliphatic carbocycles. The number of H-pyrrole nitrogens is 1. The molecule has 0 spiro atoms. The van der Waals surface area contributed by atoms with Crippen molar-refractivity contribution in [1.82, 2.24) is 19.7 Å². The van der Waals surface area contributed by atoms with Crippen molar-refractivity contribution in [2.45, 2.75) is 51.0 Å². The molecule has 2 unspecified atom stereocenters. The molecular formula is C15H21N5O4. The first-order valence-corrected chi connectivity index (χ1v) is 8.44. The summed E-state index contributed by atoms with van der Waals surface area (Å²) >= 11 is 0. The maximum absolute atomic E-state index is 12.4. The molecule has 2 aliphatic rings. The molecule has 0 aromatic carbocycles. The van der Waals surface area contributed by atoms with Gasteiger partial charge in [-0.2, -0.15) is 9.71 Å². The first-order chi connectivity index (χ1) is 11.8. The van der Waals surface area contributed by atoms with Gasteiger partial charge in [-0.3, -0.25) is 9.78 Å². The van der Waals surface area contributed by atoms with E-state index in [9.17, 15) is 4.79 Å². The van der Waals surface area contributed by atoms with E-state index in [1.807, 2.05) is 0 Å². The molecule has 0 radical (unpaired) electrons. The largest absolute Gasteiger partial charge is 0.380 e. The van der Waals surface area contributed by atoms with Crippen LogP contribution in [0.4, 0.5) is 5.95 Å². The molecule has 130 valence electrons. The highest BCUT2D eigenvalue weighted by Gasteiger charge is 2.20. The van der Waals surface area contributed by atoms with Gasteiger partial charge in [-0.1, -0.05) is 0 Å². The standard InChI is InChI=1S/C15H21N5O4/c21-14-12-13(16-9-20(12)24-11-6-2-4-8-23-11)18-15(19-14)17-10-5-1-3-7-22-10/h9-11H,1-8H2,(H2,17,18,19,21). The highest BCUT2D eigenvalue weighted by Crippen LogP contribution is 2.16. The van der Waals surface area contributed by atoms with Crippen LogP contribution < -0.4 is 15.7 Å². The van der Waals surface area contributed by atoms with Crippen molar-refractivity contribution in [2.24, 2.45) is 0 Å². The lowest BCUT2D eigenvalue weighted by Gasteiger charge is -2.23. The lowest BCUT2D eigenvalue weighted by molar-refractivity contribution is -0.162. The van der Waals surface area contributed by atoms with Crippen LogP contribution in [-0.2, 0) is 9.47 Å². The van der Waals surface area contributed by atoms with E-state index in [2.05, 4.69) is 20.3 Å². The second kappa shape index (κ2) is 6.78. The molecule has 2 fully saturated rings. The van der Waals surface area contributed by atoms with Gasteiger partial charge in [-0.05, 0) is 32.1 Å². The average Bonchev–Trinajstić information content (AvgIpc) is 3.00. The smallest absolute Gasteiger partial charge is 0.282 e. The third kappa shape index (κ3) is 3.22. The van der Waals surface area contributed by atoms with E-state index >= 15 is 0 Å². The van der Waals surface area contributed by atoms with Gasteiger partial charge in [-0.15, -0.1) is 0 Å². The summed E-state index contributed by atoms with van der Waals surface area (Å²) in [6, 6.07) is 0. The van der Waals surface area contributed by atoms with E-state index in [0.717, 1.165) is 38.5 Å². The second-order valence-corrected chi connectivity index (χ2v) is 6.06. The van der Waals surface area contributed by atoms with Crippen molar-refractivity contribution in [2.75, 3.05) is 18.5 Å². The summed E-state index contributed by atoms with van der Waals surface area (Å²) in [6.07, 6.45) is 6.87. The maximum atomic E-state index is 12.4. The van der Waals surface area contributed by atoms with E-state index in [-0.39, 0.29) is 23.6 Å². The van der Waals surface area contributed by atoms with Crippen molar-refractivity contribution in [3.63, 3.8) is 0 Å². The Balaban J connectivity index is 1.54. The quantitative estimate of drug-likeness (QED) is 0.859. The molecule has 4 rings (SSSR count). The van der Waals surface area contributed by atoms with Crippen molar-refractivity contribution in [3.05, 3.63) is 16.7 Å². The monoisotopic (exact) mass is 335 g/mol. The summed E-state index contributed by atoms with van der Waals surface area (Å²) in [5.41, 5.74) is 0.291. The molecule has 2 saturated heterocycles. The van der Waals surface area contributed by atoms with Gasteiger partial charge in [0.15, 0.2) is 11.2 Å². The fourth-order valence-electron chi connectivity index (χ4n) is 2.98. The molecule has 0 amide bonds. The predicted molar refractivity (Wildman–Crippen MR) is 85.5 cm³/mol. The molecule has 2 aromatic heterocycles. The highest BCUT2D eigenvalue weighted by atomic mass is 16.8. The topological polar surface area (TPSA) is 103 Å². The Morgan fingerprint density at radius 3 is 2.79 bits per heavy atom. The van der Waals surface area contributed by atoms with Gasteiger partial charge in [0, 0.05) is 13.0 Å². The zero-order chi connectivity index (χ0) is 16.4. The first kappa shape index (κ1) is 15.4. The van der Waals surface area contributed by atoms with Crippen molar-refractivity contribution < 1.29 is 14.3 Å². The molecule has 2 aliphatic heterocycles. The lowest BCUT2D eigenvalue weighted by Crippen LogP contribution is -2.32. The molecule has 24 heavy (non-hydrogen) atoms. The van der Waals surface area contributed by atoms with E-state index in [0.29, 0.717) is 24.8 Å². The highest BCUT2D eigenvalue weighted by molar-refractivity contribution is 5.70. The molecule has 4 heterocycles. The summed E-state index contributed by atoms with van der Waals surface area (Å²) in [5.74, 6) is 0.360. The number of nitrogens with one attached hydrogen (secondary N) is 2. The molecule has 2 aromatic rings. The third-order valence-corrected chi connectivity index (χ3v) is 4.23. The molecular weight excluding hydrogens is 314 g/mol. The van der Waals surface area contributed by atoms with Crippen LogP contribution in [0.2, 0.25) is 0 Å². The van der Waals surface area contributed by atoms with Gasteiger partial charge < -0.3 is 19.6 Å². The molecule has 9 nitrogen and oxygen atoms in total. The summed E-state index contributed by atoms with van der Waals surface area (Å²) < 4.78 is 12.5. The lowest BCUT2D eigenvalue weighted by atomic mass is 10.2. The van der Waals surface area contributed by atoms with Crippen LogP contribution in [0.15, 0.2) is 11.1 Å². The molecule has 9 heteroatoms. The van der Waals surface area contributed by atoms with Gasteiger partial charge >= 0.3 is 0 Å². The van der Waals surface area contributed by atoms with Crippen molar-refractivity contribution >= 4 is 17.1 Å². The molecule has 0 saturated carbocycles. The van der Waals surface area contributed by atoms with Crippen LogP contribution in [0.1, 0.15) is 38.5 Å². The van der Waals surface area contributed by atoms with Crippen LogP contribution in [0.3, 0.4) is 0 Å². The van der Waals surface area contributed by atoms with Crippen LogP contribution in [0.25, 0.3) is 11.2 Å². The van der Waals surface area contributed by atoms with Gasteiger partial charge in [0.1, 0.15) is 12.6 Å². The number of rotatable bonds is 4. The van der Waals surface area contributed by atoms with Crippen molar-refractivity contribution in [3.8, 4) is 0 Å². The molecule has 2 atom stereocenters. The number of anilines is 1. The number of imidazole rings is 1. The Labute approximate surface area is 138 Å². The number of hydrogen-bond donors (Lipinski definition) is 2. The Hall–Kier alpha value is -2.13. The SMILES string of the molecule is O=c1[nH]c(NC2CCCCO2)nc2ncn(OC3CCCCO3)c12. The Morgan fingerprint density at radius 1 is 1.21 bits per heavy atom. The van der Waals surface area contributed by atoms with E-state index in [1.54, 1.807) is 0 Å². The second-order valence-electron chi connectivity index (χ2n) is 6.06. The van der Waals surface area contributed by atoms with E-state index < -0.39 is 0 Å². The third-order valence-electron chi connectivity index (χ3n) is 4.23. The van der Waals surface area contributed by atoms with Gasteiger partial charge in [0.05, 0.1) is 6.61 Å². The maximum Gasteiger partial charge on any atom is 0.282 e. The van der Waals surface area contributed by atoms with Crippen LogP contribution in [0, 0.1) is 0 Å². The average molecular weight is 335 g/mol. The predicted octanol–water partition coefficient (Wildman–Crippen LogP) is 1.01. The minimum absolute atomic E-state index is 0.131. The Bertz CT molecular complexity index is 746. The number of nitrogens with zero attached hydrogens (tertiary/aromatic N) is 3. The minimum Gasteiger partial charge on any atom is -0.380 e. The van der Waals surface area contributed by atoms with Crippen LogP contribution >= 0.6 is 0 Å². The fourth-order valence-corrected chi connectivity index (χ4v) is 2.98. The van der Waals surface area contributed by atoms with Crippen molar-refractivity contribution in [1.29, 1.82) is 0 Å². The summed E-state index contributed by atoms with van der Waals surface area (Å²) in [4.78, 5) is 29.3. The number of ether oxygens (including phenoxy) is 2. The van der Waals surface area contributed by atoms with E-state index in [4.69, 9.17) is 14.3 Å². The number of fused-ring (bicyclic) bond motifs is 1.